The lowest BCUT2D eigenvalue weighted by Gasteiger charge is -2.10. The molecule has 1 heterocycles. The number of halogens is 4. The van der Waals surface area contributed by atoms with E-state index in [1.165, 1.54) is 0 Å². The van der Waals surface area contributed by atoms with Crippen molar-refractivity contribution in [2.45, 2.75) is 0 Å². The van der Waals surface area contributed by atoms with Crippen LogP contribution in [0, 0.1) is 10.7 Å². The Balaban J connectivity index is 2.29. The maximum absolute atomic E-state index is 12.1. The van der Waals surface area contributed by atoms with Crippen LogP contribution in [0.1, 0.15) is 10.5 Å². The minimum Gasteiger partial charge on any atom is -0.319 e. The molecule has 0 aliphatic heterocycles. The van der Waals surface area contributed by atoms with Crippen molar-refractivity contribution >= 4 is 91.0 Å². The maximum Gasteiger partial charge on any atom is 0.274 e. The fourth-order valence-corrected chi connectivity index (χ4v) is 5.39. The average molecular weight is 610 g/mol. The van der Waals surface area contributed by atoms with E-state index in [-0.39, 0.29) is 5.91 Å². The van der Waals surface area contributed by atoms with Crippen molar-refractivity contribution in [2.75, 3.05) is 5.32 Å². The summed E-state index contributed by atoms with van der Waals surface area (Å²) >= 11 is 12.4. The minimum atomic E-state index is -0.264. The van der Waals surface area contributed by atoms with Gasteiger partial charge in [-0.2, -0.15) is 0 Å². The number of rotatable bonds is 2. The molecule has 0 atom stereocenters. The second kappa shape index (κ2) is 6.85. The highest BCUT2D eigenvalue weighted by Gasteiger charge is 2.13. The SMILES string of the molecule is O=C(Nc1c(I)cc(I)cc1I)c1cccc(Cl)n1. The fraction of sp³-hybridized carbons (Fsp3) is 0. The molecule has 0 aliphatic carbocycles. The first-order chi connectivity index (χ1) is 8.97. The summed E-state index contributed by atoms with van der Waals surface area (Å²) in [6.07, 6.45) is 0. The summed E-state index contributed by atoms with van der Waals surface area (Å²) in [5.74, 6) is -0.264. The van der Waals surface area contributed by atoms with Crippen LogP contribution in [0.4, 0.5) is 5.69 Å². The summed E-state index contributed by atoms with van der Waals surface area (Å²) in [7, 11) is 0. The van der Waals surface area contributed by atoms with E-state index in [0.29, 0.717) is 10.8 Å². The number of benzene rings is 1. The molecule has 0 saturated carbocycles. The van der Waals surface area contributed by atoms with Gasteiger partial charge in [-0.3, -0.25) is 4.79 Å². The zero-order valence-electron chi connectivity index (χ0n) is 9.25. The van der Waals surface area contributed by atoms with E-state index in [1.807, 2.05) is 12.1 Å². The second-order valence-corrected chi connectivity index (χ2v) is 7.50. The molecule has 0 bridgehead atoms. The molecule has 1 amide bonds. The Labute approximate surface area is 156 Å². The van der Waals surface area contributed by atoms with Gasteiger partial charge in [-0.15, -0.1) is 0 Å². The third-order valence-corrected chi connectivity index (χ3v) is 4.73. The lowest BCUT2D eigenvalue weighted by Crippen LogP contribution is -2.15. The molecule has 98 valence electrons. The predicted octanol–water partition coefficient (Wildman–Crippen LogP) is 4.80. The Morgan fingerprint density at radius 2 is 1.79 bits per heavy atom. The molecule has 2 aromatic rings. The highest BCUT2D eigenvalue weighted by atomic mass is 127. The Morgan fingerprint density at radius 1 is 1.16 bits per heavy atom. The summed E-state index contributed by atoms with van der Waals surface area (Å²) in [4.78, 5) is 16.1. The van der Waals surface area contributed by atoms with E-state index in [0.717, 1.165) is 16.4 Å². The zero-order valence-corrected chi connectivity index (χ0v) is 16.5. The molecule has 1 N–H and O–H groups in total. The monoisotopic (exact) mass is 610 g/mol. The molecule has 2 rings (SSSR count). The number of aromatic nitrogens is 1. The van der Waals surface area contributed by atoms with E-state index >= 15 is 0 Å². The van der Waals surface area contributed by atoms with Crippen molar-refractivity contribution in [1.29, 1.82) is 0 Å². The number of anilines is 1. The largest absolute Gasteiger partial charge is 0.319 e. The molecular weight excluding hydrogens is 604 g/mol. The van der Waals surface area contributed by atoms with Crippen molar-refractivity contribution in [1.82, 2.24) is 4.98 Å². The van der Waals surface area contributed by atoms with Crippen LogP contribution in [-0.4, -0.2) is 10.9 Å². The van der Waals surface area contributed by atoms with Gasteiger partial charge in [0.15, 0.2) is 0 Å². The van der Waals surface area contributed by atoms with E-state index in [1.54, 1.807) is 18.2 Å². The van der Waals surface area contributed by atoms with Crippen LogP contribution in [0.25, 0.3) is 0 Å². The van der Waals surface area contributed by atoms with E-state index in [9.17, 15) is 4.79 Å². The topological polar surface area (TPSA) is 42.0 Å². The van der Waals surface area contributed by atoms with Crippen molar-refractivity contribution < 1.29 is 4.79 Å². The van der Waals surface area contributed by atoms with Crippen LogP contribution in [0.3, 0.4) is 0 Å². The smallest absolute Gasteiger partial charge is 0.274 e. The third-order valence-electron chi connectivity index (χ3n) is 2.19. The third kappa shape index (κ3) is 4.14. The second-order valence-electron chi connectivity index (χ2n) is 3.54. The van der Waals surface area contributed by atoms with E-state index in [4.69, 9.17) is 11.6 Å². The van der Waals surface area contributed by atoms with Gasteiger partial charge >= 0.3 is 0 Å². The molecule has 19 heavy (non-hydrogen) atoms. The molecule has 1 aromatic carbocycles. The van der Waals surface area contributed by atoms with Crippen molar-refractivity contribution in [3.8, 4) is 0 Å². The Morgan fingerprint density at radius 3 is 2.37 bits per heavy atom. The van der Waals surface area contributed by atoms with Crippen molar-refractivity contribution in [2.24, 2.45) is 0 Å². The number of nitrogens with one attached hydrogen (secondary N) is 1. The van der Waals surface area contributed by atoms with E-state index in [2.05, 4.69) is 78.1 Å². The number of carbonyl (C=O) groups is 1. The van der Waals surface area contributed by atoms with E-state index < -0.39 is 0 Å². The molecular formula is C12H6ClI3N2O. The molecule has 3 nitrogen and oxygen atoms in total. The van der Waals surface area contributed by atoms with Gasteiger partial charge in [-0.1, -0.05) is 17.7 Å². The number of hydrogen-bond acceptors (Lipinski definition) is 2. The summed E-state index contributed by atoms with van der Waals surface area (Å²) in [6, 6.07) is 8.98. The molecule has 7 heteroatoms. The number of nitrogens with zero attached hydrogens (tertiary/aromatic N) is 1. The quantitative estimate of drug-likeness (QED) is 0.393. The summed E-state index contributed by atoms with van der Waals surface area (Å²) in [5, 5.41) is 3.18. The standard InChI is InChI=1S/C12H6ClI3N2O/c13-10-3-1-2-9(17-10)12(19)18-11-7(15)4-6(14)5-8(11)16/h1-5H,(H,18,19). The lowest BCUT2D eigenvalue weighted by atomic mass is 10.3. The molecule has 0 spiro atoms. The first kappa shape index (κ1) is 15.7. The van der Waals surface area contributed by atoms with Gasteiger partial charge in [0.25, 0.3) is 5.91 Å². The van der Waals surface area contributed by atoms with Crippen LogP contribution >= 0.6 is 79.4 Å². The molecule has 0 radical (unpaired) electrons. The summed E-state index contributed by atoms with van der Waals surface area (Å²) in [5.41, 5.74) is 1.10. The van der Waals surface area contributed by atoms with Gasteiger partial charge in [-0.25, -0.2) is 4.98 Å². The highest BCUT2D eigenvalue weighted by molar-refractivity contribution is 14.1. The number of hydrogen-bond donors (Lipinski definition) is 1. The molecule has 0 saturated heterocycles. The van der Waals surface area contributed by atoms with Gasteiger partial charge in [0.2, 0.25) is 0 Å². The Hall–Kier alpha value is 0.320. The Bertz CT molecular complexity index is 626. The average Bonchev–Trinajstić information content (AvgIpc) is 2.33. The number of pyridine rings is 1. The molecule has 0 aliphatic rings. The first-order valence-corrected chi connectivity index (χ1v) is 8.67. The molecule has 0 fully saturated rings. The van der Waals surface area contributed by atoms with Gasteiger partial charge in [0.05, 0.1) is 5.69 Å². The minimum absolute atomic E-state index is 0.264. The number of carbonyl (C=O) groups excluding carboxylic acids is 1. The van der Waals surface area contributed by atoms with Crippen molar-refractivity contribution in [3.05, 3.63) is 51.9 Å². The predicted molar refractivity (Wildman–Crippen MR) is 102 cm³/mol. The fourth-order valence-electron chi connectivity index (χ4n) is 1.37. The summed E-state index contributed by atoms with van der Waals surface area (Å²) < 4.78 is 3.11. The van der Waals surface area contributed by atoms with Gasteiger partial charge in [-0.05, 0) is 92.0 Å². The maximum atomic E-state index is 12.1. The molecule has 1 aromatic heterocycles. The van der Waals surface area contributed by atoms with Crippen LogP contribution in [0.2, 0.25) is 5.15 Å². The Kier molecular flexibility index (Phi) is 5.66. The normalized spacial score (nSPS) is 10.3. The first-order valence-electron chi connectivity index (χ1n) is 5.06. The number of amides is 1. The zero-order chi connectivity index (χ0) is 14.0. The molecule has 0 unspecified atom stereocenters. The van der Waals surface area contributed by atoms with Gasteiger partial charge in [0.1, 0.15) is 10.8 Å². The van der Waals surface area contributed by atoms with Gasteiger partial charge < -0.3 is 5.32 Å². The van der Waals surface area contributed by atoms with Crippen LogP contribution in [-0.2, 0) is 0 Å². The lowest BCUT2D eigenvalue weighted by molar-refractivity contribution is 0.102. The van der Waals surface area contributed by atoms with Crippen LogP contribution < -0.4 is 5.32 Å². The van der Waals surface area contributed by atoms with Crippen molar-refractivity contribution in [3.63, 3.8) is 0 Å². The van der Waals surface area contributed by atoms with Gasteiger partial charge in [0, 0.05) is 10.7 Å². The highest BCUT2D eigenvalue weighted by Crippen LogP contribution is 2.27. The summed E-state index contributed by atoms with van der Waals surface area (Å²) in [6.45, 7) is 0. The van der Waals surface area contributed by atoms with Crippen LogP contribution in [0.15, 0.2) is 30.3 Å². The van der Waals surface area contributed by atoms with Crippen LogP contribution in [0.5, 0.6) is 0 Å².